The Kier molecular flexibility index (Phi) is 6.66. The fraction of sp³-hybridized carbons (Fsp3) is 0.333. The zero-order chi connectivity index (χ0) is 21.5. The molecule has 1 atom stereocenters. The number of nitrogens with zero attached hydrogens (tertiary/aromatic N) is 1. The van der Waals surface area contributed by atoms with Crippen molar-refractivity contribution >= 4 is 5.69 Å². The fourth-order valence-corrected chi connectivity index (χ4v) is 4.53. The molecule has 1 unspecified atom stereocenters. The first kappa shape index (κ1) is 21.1. The van der Waals surface area contributed by atoms with E-state index in [0.717, 1.165) is 55.3 Å². The molecule has 0 N–H and O–H groups in total. The summed E-state index contributed by atoms with van der Waals surface area (Å²) < 4.78 is 17.5. The third-order valence-corrected chi connectivity index (χ3v) is 6.31. The minimum atomic E-state index is -0.0822. The summed E-state index contributed by atoms with van der Waals surface area (Å²) in [4.78, 5) is 2.45. The van der Waals surface area contributed by atoms with E-state index < -0.39 is 0 Å². The number of ether oxygens (including phenoxy) is 3. The van der Waals surface area contributed by atoms with E-state index in [4.69, 9.17) is 14.2 Å². The number of para-hydroxylation sites is 3. The van der Waals surface area contributed by atoms with E-state index in [1.807, 2.05) is 48.5 Å². The van der Waals surface area contributed by atoms with E-state index in [1.165, 1.54) is 5.56 Å². The van der Waals surface area contributed by atoms with Crippen molar-refractivity contribution in [2.24, 2.45) is 0 Å². The highest BCUT2D eigenvalue weighted by Gasteiger charge is 2.36. The molecular formula is C27H31NO3. The molecule has 1 aliphatic heterocycles. The molecule has 1 saturated heterocycles. The van der Waals surface area contributed by atoms with Crippen molar-refractivity contribution in [3.8, 4) is 17.2 Å². The minimum absolute atomic E-state index is 0.0822. The van der Waals surface area contributed by atoms with Gasteiger partial charge >= 0.3 is 0 Å². The topological polar surface area (TPSA) is 30.9 Å². The molecule has 0 spiro atoms. The first-order chi connectivity index (χ1) is 15.2. The van der Waals surface area contributed by atoms with Gasteiger partial charge < -0.3 is 19.1 Å². The van der Waals surface area contributed by atoms with Gasteiger partial charge in [-0.3, -0.25) is 0 Å². The first-order valence-electron chi connectivity index (χ1n) is 10.9. The SMILES string of the molecule is COc1cccc(C2(COc3ccccc3)CCCN(c3ccccc3OC)CC2)c1. The lowest BCUT2D eigenvalue weighted by Crippen LogP contribution is -2.35. The van der Waals surface area contributed by atoms with Crippen molar-refractivity contribution in [1.29, 1.82) is 0 Å². The Bertz CT molecular complexity index is 975. The summed E-state index contributed by atoms with van der Waals surface area (Å²) in [6, 6.07) is 26.9. The highest BCUT2D eigenvalue weighted by atomic mass is 16.5. The van der Waals surface area contributed by atoms with Gasteiger partial charge in [0.1, 0.15) is 17.2 Å². The largest absolute Gasteiger partial charge is 0.497 e. The minimum Gasteiger partial charge on any atom is -0.497 e. The van der Waals surface area contributed by atoms with Crippen molar-refractivity contribution in [3.63, 3.8) is 0 Å². The van der Waals surface area contributed by atoms with E-state index in [2.05, 4.69) is 35.2 Å². The molecule has 3 aromatic rings. The van der Waals surface area contributed by atoms with Crippen molar-refractivity contribution in [3.05, 3.63) is 84.4 Å². The number of rotatable bonds is 7. The van der Waals surface area contributed by atoms with E-state index in [1.54, 1.807) is 14.2 Å². The van der Waals surface area contributed by atoms with Gasteiger partial charge in [-0.25, -0.2) is 0 Å². The fourth-order valence-electron chi connectivity index (χ4n) is 4.53. The van der Waals surface area contributed by atoms with E-state index in [-0.39, 0.29) is 5.41 Å². The van der Waals surface area contributed by atoms with Gasteiger partial charge in [-0.2, -0.15) is 0 Å². The molecule has 3 aromatic carbocycles. The summed E-state index contributed by atoms with van der Waals surface area (Å²) in [5, 5.41) is 0. The van der Waals surface area contributed by atoms with Gasteiger partial charge in [0, 0.05) is 18.5 Å². The zero-order valence-electron chi connectivity index (χ0n) is 18.4. The van der Waals surface area contributed by atoms with Crippen LogP contribution in [0.5, 0.6) is 17.2 Å². The Morgan fingerprint density at radius 1 is 0.774 bits per heavy atom. The van der Waals surface area contributed by atoms with Crippen LogP contribution in [0.1, 0.15) is 24.8 Å². The zero-order valence-corrected chi connectivity index (χ0v) is 18.4. The summed E-state index contributed by atoms with van der Waals surface area (Å²) in [5.74, 6) is 2.73. The van der Waals surface area contributed by atoms with Crippen LogP contribution in [-0.4, -0.2) is 33.9 Å². The van der Waals surface area contributed by atoms with Crippen LogP contribution in [0.3, 0.4) is 0 Å². The molecule has 4 rings (SSSR count). The summed E-state index contributed by atoms with van der Waals surface area (Å²) in [6.07, 6.45) is 3.12. The number of hydrogen-bond acceptors (Lipinski definition) is 4. The molecule has 0 amide bonds. The lowest BCUT2D eigenvalue weighted by Gasteiger charge is -2.34. The van der Waals surface area contributed by atoms with Crippen molar-refractivity contribution in [2.45, 2.75) is 24.7 Å². The predicted molar refractivity (Wildman–Crippen MR) is 126 cm³/mol. The maximum absolute atomic E-state index is 6.33. The van der Waals surface area contributed by atoms with Crippen LogP contribution in [0.15, 0.2) is 78.9 Å². The molecule has 4 nitrogen and oxygen atoms in total. The monoisotopic (exact) mass is 417 g/mol. The van der Waals surface area contributed by atoms with Crippen LogP contribution in [-0.2, 0) is 5.41 Å². The summed E-state index contributed by atoms with van der Waals surface area (Å²) in [7, 11) is 3.47. The van der Waals surface area contributed by atoms with Crippen LogP contribution in [0.25, 0.3) is 0 Å². The Morgan fingerprint density at radius 2 is 1.55 bits per heavy atom. The lowest BCUT2D eigenvalue weighted by molar-refractivity contribution is 0.198. The molecular weight excluding hydrogens is 386 g/mol. The Balaban J connectivity index is 1.62. The molecule has 1 fully saturated rings. The maximum Gasteiger partial charge on any atom is 0.142 e. The Morgan fingerprint density at radius 3 is 2.35 bits per heavy atom. The van der Waals surface area contributed by atoms with Gasteiger partial charge in [0.25, 0.3) is 0 Å². The standard InChI is InChI=1S/C27H31NO3/c1-29-24-13-8-10-22(20-24)27(21-31-23-11-4-3-5-12-23)16-9-18-28(19-17-27)25-14-6-7-15-26(25)30-2/h3-8,10-15,20H,9,16-19,21H2,1-2H3. The van der Waals surface area contributed by atoms with E-state index in [0.29, 0.717) is 6.61 Å². The van der Waals surface area contributed by atoms with Crippen molar-refractivity contribution < 1.29 is 14.2 Å². The predicted octanol–water partition coefficient (Wildman–Crippen LogP) is 5.71. The third kappa shape index (κ3) is 4.79. The summed E-state index contributed by atoms with van der Waals surface area (Å²) in [5.41, 5.74) is 2.36. The maximum atomic E-state index is 6.33. The highest BCUT2D eigenvalue weighted by molar-refractivity contribution is 5.58. The van der Waals surface area contributed by atoms with E-state index >= 15 is 0 Å². The van der Waals surface area contributed by atoms with Gasteiger partial charge in [0.2, 0.25) is 0 Å². The molecule has 1 aliphatic rings. The highest BCUT2D eigenvalue weighted by Crippen LogP contribution is 2.40. The number of benzene rings is 3. The van der Waals surface area contributed by atoms with Gasteiger partial charge in [-0.05, 0) is 61.2 Å². The quantitative estimate of drug-likeness (QED) is 0.493. The molecule has 0 bridgehead atoms. The van der Waals surface area contributed by atoms with E-state index in [9.17, 15) is 0 Å². The average Bonchev–Trinajstić information content (AvgIpc) is 3.07. The van der Waals surface area contributed by atoms with Crippen LogP contribution in [0.2, 0.25) is 0 Å². The summed E-state index contributed by atoms with van der Waals surface area (Å²) in [6.45, 7) is 2.58. The van der Waals surface area contributed by atoms with Gasteiger partial charge in [-0.1, -0.05) is 42.5 Å². The molecule has 0 aromatic heterocycles. The molecule has 1 heterocycles. The normalized spacial score (nSPS) is 18.8. The molecule has 31 heavy (non-hydrogen) atoms. The van der Waals surface area contributed by atoms with Crippen molar-refractivity contribution in [1.82, 2.24) is 0 Å². The van der Waals surface area contributed by atoms with Crippen LogP contribution in [0, 0.1) is 0 Å². The molecule has 4 heteroatoms. The second-order valence-corrected chi connectivity index (χ2v) is 8.13. The number of anilines is 1. The number of hydrogen-bond donors (Lipinski definition) is 0. The molecule has 0 radical (unpaired) electrons. The third-order valence-electron chi connectivity index (χ3n) is 6.31. The van der Waals surface area contributed by atoms with Gasteiger partial charge in [-0.15, -0.1) is 0 Å². The van der Waals surface area contributed by atoms with Gasteiger partial charge in [0.05, 0.1) is 26.5 Å². The van der Waals surface area contributed by atoms with Crippen LogP contribution in [0.4, 0.5) is 5.69 Å². The molecule has 162 valence electrons. The average molecular weight is 418 g/mol. The summed E-state index contributed by atoms with van der Waals surface area (Å²) >= 11 is 0. The Labute approximate surface area is 185 Å². The van der Waals surface area contributed by atoms with Crippen molar-refractivity contribution in [2.75, 3.05) is 38.8 Å². The second-order valence-electron chi connectivity index (χ2n) is 8.13. The molecule has 0 saturated carbocycles. The smallest absolute Gasteiger partial charge is 0.142 e. The lowest BCUT2D eigenvalue weighted by atomic mass is 9.75. The molecule has 0 aliphatic carbocycles. The van der Waals surface area contributed by atoms with Crippen LogP contribution >= 0.6 is 0 Å². The van der Waals surface area contributed by atoms with Gasteiger partial charge in [0.15, 0.2) is 0 Å². The second kappa shape index (κ2) is 9.78. The van der Waals surface area contributed by atoms with Crippen LogP contribution < -0.4 is 19.1 Å². The number of methoxy groups -OCH3 is 2. The first-order valence-corrected chi connectivity index (χ1v) is 10.9. The Hall–Kier alpha value is -3.14.